The number of nitrogens with two attached hydrogens (primary N) is 1. The lowest BCUT2D eigenvalue weighted by atomic mass is 10.0. The second kappa shape index (κ2) is 5.01. The molecule has 0 radical (unpaired) electrons. The molecule has 4 nitrogen and oxygen atoms in total. The van der Waals surface area contributed by atoms with E-state index in [9.17, 15) is 0 Å². The maximum Gasteiger partial charge on any atom is 0.115 e. The summed E-state index contributed by atoms with van der Waals surface area (Å²) in [6.07, 6.45) is 8.88. The summed E-state index contributed by atoms with van der Waals surface area (Å²) >= 11 is 6.01. The van der Waals surface area contributed by atoms with Gasteiger partial charge in [0.15, 0.2) is 0 Å². The average molecular weight is 235 g/mol. The van der Waals surface area contributed by atoms with E-state index >= 15 is 0 Å². The molecule has 0 fully saturated rings. The molecule has 0 spiro atoms. The van der Waals surface area contributed by atoms with Gasteiger partial charge < -0.3 is 5.73 Å². The molecule has 1 atom stereocenters. The first-order valence-corrected chi connectivity index (χ1v) is 5.24. The Morgan fingerprint density at radius 2 is 1.94 bits per heavy atom. The van der Waals surface area contributed by atoms with Gasteiger partial charge >= 0.3 is 0 Å². The van der Waals surface area contributed by atoms with Gasteiger partial charge in [0, 0.05) is 36.4 Å². The Kier molecular flexibility index (Phi) is 3.44. The maximum absolute atomic E-state index is 6.04. The van der Waals surface area contributed by atoms with Crippen LogP contribution in [0.5, 0.6) is 0 Å². The fraction of sp³-hybridized carbons (Fsp3) is 0.182. The molecule has 0 saturated carbocycles. The van der Waals surface area contributed by atoms with Crippen LogP contribution in [0.15, 0.2) is 37.2 Å². The largest absolute Gasteiger partial charge is 0.324 e. The maximum atomic E-state index is 6.04. The van der Waals surface area contributed by atoms with E-state index in [1.54, 1.807) is 24.8 Å². The number of nitrogens with zero attached hydrogens (tertiary/aromatic N) is 3. The van der Waals surface area contributed by atoms with E-state index in [-0.39, 0.29) is 6.04 Å². The molecule has 82 valence electrons. The standard InChI is InChI=1S/C11H11ClN4/c12-10-6-14-2-1-8(10)3-11(13)9-4-15-7-16-5-9/h1-2,4-7,11H,3,13H2. The van der Waals surface area contributed by atoms with Crippen molar-refractivity contribution in [3.05, 3.63) is 53.3 Å². The molecule has 2 heterocycles. The lowest BCUT2D eigenvalue weighted by Gasteiger charge is -2.11. The zero-order valence-electron chi connectivity index (χ0n) is 8.55. The lowest BCUT2D eigenvalue weighted by Crippen LogP contribution is -2.14. The fourth-order valence-electron chi connectivity index (χ4n) is 1.43. The van der Waals surface area contributed by atoms with Crippen molar-refractivity contribution in [2.75, 3.05) is 0 Å². The summed E-state index contributed by atoms with van der Waals surface area (Å²) in [6.45, 7) is 0. The molecule has 0 aliphatic rings. The highest BCUT2D eigenvalue weighted by atomic mass is 35.5. The minimum Gasteiger partial charge on any atom is -0.324 e. The van der Waals surface area contributed by atoms with Crippen molar-refractivity contribution in [2.45, 2.75) is 12.5 Å². The third kappa shape index (κ3) is 2.53. The van der Waals surface area contributed by atoms with Crippen LogP contribution in [0.4, 0.5) is 0 Å². The first-order chi connectivity index (χ1) is 7.77. The van der Waals surface area contributed by atoms with E-state index in [0.29, 0.717) is 11.4 Å². The molecule has 5 heteroatoms. The molecular weight excluding hydrogens is 224 g/mol. The monoisotopic (exact) mass is 234 g/mol. The molecule has 2 aromatic rings. The molecule has 0 aliphatic heterocycles. The Bertz CT molecular complexity index is 461. The van der Waals surface area contributed by atoms with Gasteiger partial charge in [-0.05, 0) is 18.1 Å². The van der Waals surface area contributed by atoms with Crippen LogP contribution >= 0.6 is 11.6 Å². The van der Waals surface area contributed by atoms with Crippen molar-refractivity contribution in [3.63, 3.8) is 0 Å². The summed E-state index contributed by atoms with van der Waals surface area (Å²) in [5.74, 6) is 0. The Morgan fingerprint density at radius 1 is 1.19 bits per heavy atom. The van der Waals surface area contributed by atoms with Crippen molar-refractivity contribution in [2.24, 2.45) is 5.73 Å². The van der Waals surface area contributed by atoms with Crippen LogP contribution in [0.1, 0.15) is 17.2 Å². The molecule has 0 saturated heterocycles. The molecular formula is C11H11ClN4. The van der Waals surface area contributed by atoms with Gasteiger partial charge in [-0.1, -0.05) is 11.6 Å². The topological polar surface area (TPSA) is 64.7 Å². The molecule has 16 heavy (non-hydrogen) atoms. The molecule has 2 aromatic heterocycles. The Balaban J connectivity index is 2.14. The van der Waals surface area contributed by atoms with Crippen LogP contribution in [-0.2, 0) is 6.42 Å². The van der Waals surface area contributed by atoms with Crippen LogP contribution in [0, 0.1) is 0 Å². The summed E-state index contributed by atoms with van der Waals surface area (Å²) in [5, 5.41) is 0.634. The van der Waals surface area contributed by atoms with Crippen LogP contribution in [0.2, 0.25) is 5.02 Å². The SMILES string of the molecule is NC(Cc1ccncc1Cl)c1cncnc1. The molecule has 2 N–H and O–H groups in total. The molecule has 0 amide bonds. The second-order valence-corrected chi connectivity index (χ2v) is 3.86. The van der Waals surface area contributed by atoms with E-state index in [0.717, 1.165) is 11.1 Å². The van der Waals surface area contributed by atoms with E-state index in [1.807, 2.05) is 6.07 Å². The quantitative estimate of drug-likeness (QED) is 0.879. The summed E-state index contributed by atoms with van der Waals surface area (Å²) in [7, 11) is 0. The normalized spacial score (nSPS) is 12.4. The van der Waals surface area contributed by atoms with Gasteiger partial charge in [-0.25, -0.2) is 9.97 Å². The summed E-state index contributed by atoms with van der Waals surface area (Å²) in [4.78, 5) is 11.8. The average Bonchev–Trinajstić information content (AvgIpc) is 2.33. The van der Waals surface area contributed by atoms with Crippen molar-refractivity contribution >= 4 is 11.6 Å². The third-order valence-corrected chi connectivity index (χ3v) is 2.65. The minimum absolute atomic E-state index is 0.152. The highest BCUT2D eigenvalue weighted by molar-refractivity contribution is 6.31. The van der Waals surface area contributed by atoms with E-state index in [1.165, 1.54) is 6.33 Å². The van der Waals surface area contributed by atoms with Crippen molar-refractivity contribution < 1.29 is 0 Å². The van der Waals surface area contributed by atoms with E-state index in [4.69, 9.17) is 17.3 Å². The van der Waals surface area contributed by atoms with E-state index in [2.05, 4.69) is 15.0 Å². The Labute approximate surface area is 98.5 Å². The van der Waals surface area contributed by atoms with Gasteiger partial charge in [-0.15, -0.1) is 0 Å². The number of aromatic nitrogens is 3. The predicted molar refractivity (Wildman–Crippen MR) is 61.9 cm³/mol. The number of hydrogen-bond acceptors (Lipinski definition) is 4. The van der Waals surface area contributed by atoms with Crippen LogP contribution in [-0.4, -0.2) is 15.0 Å². The van der Waals surface area contributed by atoms with Gasteiger partial charge in [0.05, 0.1) is 5.02 Å². The first-order valence-electron chi connectivity index (χ1n) is 4.86. The summed E-state index contributed by atoms with van der Waals surface area (Å²) in [5.41, 5.74) is 7.92. The predicted octanol–water partition coefficient (Wildman–Crippen LogP) is 1.77. The third-order valence-electron chi connectivity index (χ3n) is 2.30. The Morgan fingerprint density at radius 3 is 2.62 bits per heavy atom. The zero-order chi connectivity index (χ0) is 11.4. The minimum atomic E-state index is -0.152. The second-order valence-electron chi connectivity index (χ2n) is 3.45. The molecule has 0 aliphatic carbocycles. The summed E-state index contributed by atoms with van der Waals surface area (Å²) in [6, 6.07) is 1.72. The van der Waals surface area contributed by atoms with Crippen LogP contribution < -0.4 is 5.73 Å². The van der Waals surface area contributed by atoms with Crippen LogP contribution in [0.25, 0.3) is 0 Å². The highest BCUT2D eigenvalue weighted by Crippen LogP contribution is 2.20. The highest BCUT2D eigenvalue weighted by Gasteiger charge is 2.09. The summed E-state index contributed by atoms with van der Waals surface area (Å²) < 4.78 is 0. The zero-order valence-corrected chi connectivity index (χ0v) is 9.30. The lowest BCUT2D eigenvalue weighted by molar-refractivity contribution is 0.712. The fourth-order valence-corrected chi connectivity index (χ4v) is 1.62. The van der Waals surface area contributed by atoms with Gasteiger partial charge in [0.2, 0.25) is 0 Å². The van der Waals surface area contributed by atoms with Gasteiger partial charge in [0.25, 0.3) is 0 Å². The van der Waals surface area contributed by atoms with Gasteiger partial charge in [-0.2, -0.15) is 0 Å². The van der Waals surface area contributed by atoms with Gasteiger partial charge in [0.1, 0.15) is 6.33 Å². The van der Waals surface area contributed by atoms with Crippen molar-refractivity contribution in [1.29, 1.82) is 0 Å². The number of hydrogen-bond donors (Lipinski definition) is 1. The number of pyridine rings is 1. The number of rotatable bonds is 3. The first kappa shape index (κ1) is 11.0. The van der Waals surface area contributed by atoms with Gasteiger partial charge in [-0.3, -0.25) is 4.98 Å². The Hall–Kier alpha value is -1.52. The van der Waals surface area contributed by atoms with Crippen molar-refractivity contribution in [3.8, 4) is 0 Å². The molecule has 1 unspecified atom stereocenters. The molecule has 0 bridgehead atoms. The smallest absolute Gasteiger partial charge is 0.115 e. The van der Waals surface area contributed by atoms with Crippen LogP contribution in [0.3, 0.4) is 0 Å². The van der Waals surface area contributed by atoms with Crippen molar-refractivity contribution in [1.82, 2.24) is 15.0 Å². The van der Waals surface area contributed by atoms with E-state index < -0.39 is 0 Å². The molecule has 0 aromatic carbocycles. The number of halogens is 1. The molecule has 2 rings (SSSR count).